The monoisotopic (exact) mass is 500 g/mol. The lowest BCUT2D eigenvalue weighted by Crippen LogP contribution is -2.39. The van der Waals surface area contributed by atoms with Crippen LogP contribution in [-0.4, -0.2) is 58.8 Å². The summed E-state index contributed by atoms with van der Waals surface area (Å²) in [7, 11) is 3.85. The van der Waals surface area contributed by atoms with Crippen molar-refractivity contribution in [2.75, 3.05) is 38.4 Å². The van der Waals surface area contributed by atoms with Crippen molar-refractivity contribution in [3.8, 4) is 11.1 Å². The molecule has 0 bridgehead atoms. The first-order chi connectivity index (χ1) is 17.2. The highest BCUT2D eigenvalue weighted by molar-refractivity contribution is 5.82. The van der Waals surface area contributed by atoms with Gasteiger partial charge in [0, 0.05) is 48.9 Å². The summed E-state index contributed by atoms with van der Waals surface area (Å²) in [6, 6.07) is 4.27. The highest BCUT2D eigenvalue weighted by Crippen LogP contribution is 2.28. The average Bonchev–Trinajstić information content (AvgIpc) is 2.85. The molecule has 0 atom stereocenters. The Kier molecular flexibility index (Phi) is 7.85. The lowest BCUT2D eigenvalue weighted by molar-refractivity contribution is 0.121. The molecule has 4 rings (SSSR count). The summed E-state index contributed by atoms with van der Waals surface area (Å²) in [4.78, 5) is 24.9. The molecule has 0 amide bonds. The third kappa shape index (κ3) is 5.34. The Labute approximate surface area is 209 Å². The molecule has 0 spiro atoms. The van der Waals surface area contributed by atoms with Gasteiger partial charge in [-0.3, -0.25) is 9.36 Å². The van der Waals surface area contributed by atoms with Crippen LogP contribution in [0.4, 0.5) is 20.4 Å². The van der Waals surface area contributed by atoms with Gasteiger partial charge in [0.2, 0.25) is 5.95 Å². The molecule has 1 aliphatic rings. The van der Waals surface area contributed by atoms with Gasteiger partial charge in [-0.2, -0.15) is 4.98 Å². The zero-order valence-corrected chi connectivity index (χ0v) is 21.2. The Morgan fingerprint density at radius 2 is 1.86 bits per heavy atom. The zero-order valence-electron chi connectivity index (χ0n) is 21.2. The van der Waals surface area contributed by atoms with E-state index in [1.807, 2.05) is 13.8 Å². The Balaban J connectivity index is 1.60. The van der Waals surface area contributed by atoms with Gasteiger partial charge in [0.25, 0.3) is 5.56 Å². The number of nitrogens with zero attached hydrogens (tertiary/aromatic N) is 4. The Hall–Kier alpha value is -3.11. The van der Waals surface area contributed by atoms with Gasteiger partial charge in [-0.25, -0.2) is 13.8 Å². The molecule has 8 nitrogen and oxygen atoms in total. The number of hydrogen-bond donors (Lipinski definition) is 2. The zero-order chi connectivity index (χ0) is 26.0. The molecule has 2 heterocycles. The van der Waals surface area contributed by atoms with E-state index in [1.165, 1.54) is 4.57 Å². The van der Waals surface area contributed by atoms with E-state index >= 15 is 0 Å². The highest BCUT2D eigenvalue weighted by atomic mass is 19.1. The number of nitrogen functional groups attached to an aromatic ring is 1. The fraction of sp³-hybridized carbons (Fsp3) is 0.500. The third-order valence-electron chi connectivity index (χ3n) is 6.98. The predicted octanol–water partition coefficient (Wildman–Crippen LogP) is 4.20. The predicted molar refractivity (Wildman–Crippen MR) is 138 cm³/mol. The van der Waals surface area contributed by atoms with Crippen molar-refractivity contribution in [1.82, 2.24) is 19.4 Å². The number of ether oxygens (including phenoxy) is 1. The Morgan fingerprint density at radius 3 is 2.47 bits per heavy atom. The summed E-state index contributed by atoms with van der Waals surface area (Å²) >= 11 is 0. The van der Waals surface area contributed by atoms with E-state index < -0.39 is 17.3 Å². The number of likely N-dealkylation sites (N-methyl/N-ethyl adjacent to an activating group) is 1. The van der Waals surface area contributed by atoms with Crippen LogP contribution < -0.4 is 16.6 Å². The van der Waals surface area contributed by atoms with Crippen molar-refractivity contribution in [2.45, 2.75) is 57.7 Å². The normalized spacial score (nSPS) is 18.3. The smallest absolute Gasteiger partial charge is 0.260 e. The van der Waals surface area contributed by atoms with Crippen molar-refractivity contribution in [3.05, 3.63) is 46.4 Å². The number of fused-ring (bicyclic) bond motifs is 1. The second-order valence-electron chi connectivity index (χ2n) is 9.78. The van der Waals surface area contributed by atoms with Crippen molar-refractivity contribution >= 4 is 22.7 Å². The van der Waals surface area contributed by atoms with Crippen LogP contribution in [0.5, 0.6) is 0 Å². The number of rotatable bonds is 8. The van der Waals surface area contributed by atoms with E-state index in [4.69, 9.17) is 10.5 Å². The summed E-state index contributed by atoms with van der Waals surface area (Å²) in [6.45, 7) is 5.37. The summed E-state index contributed by atoms with van der Waals surface area (Å²) < 4.78 is 34.9. The van der Waals surface area contributed by atoms with E-state index in [1.54, 1.807) is 19.4 Å². The maximum atomic E-state index is 14.1. The summed E-state index contributed by atoms with van der Waals surface area (Å²) in [5.74, 6) is -1.35. The van der Waals surface area contributed by atoms with Crippen LogP contribution in [0.3, 0.4) is 0 Å². The minimum absolute atomic E-state index is 0.120. The average molecular weight is 501 g/mol. The molecule has 0 unspecified atom stereocenters. The fourth-order valence-electron chi connectivity index (χ4n) is 4.88. The summed E-state index contributed by atoms with van der Waals surface area (Å²) in [5.41, 5.74) is 5.20. The van der Waals surface area contributed by atoms with E-state index in [-0.39, 0.29) is 28.8 Å². The van der Waals surface area contributed by atoms with Crippen molar-refractivity contribution in [3.63, 3.8) is 0 Å². The first kappa shape index (κ1) is 26.0. The van der Waals surface area contributed by atoms with Crippen LogP contribution in [-0.2, 0) is 4.74 Å². The lowest BCUT2D eigenvalue weighted by Gasteiger charge is -2.34. The molecule has 0 saturated heterocycles. The minimum Gasteiger partial charge on any atom is -0.394 e. The topological polar surface area (TPSA) is 98.3 Å². The lowest BCUT2D eigenvalue weighted by atomic mass is 9.90. The molecule has 1 aliphatic carbocycles. The van der Waals surface area contributed by atoms with Crippen molar-refractivity contribution in [2.24, 2.45) is 0 Å². The molecule has 0 aliphatic heterocycles. The maximum Gasteiger partial charge on any atom is 0.260 e. The van der Waals surface area contributed by atoms with Gasteiger partial charge in [-0.05, 0) is 70.3 Å². The van der Waals surface area contributed by atoms with E-state index in [2.05, 4.69) is 27.2 Å². The van der Waals surface area contributed by atoms with Crippen LogP contribution in [0.15, 0.2) is 29.2 Å². The quantitative estimate of drug-likeness (QED) is 0.447. The molecule has 0 radical (unpaired) electrons. The SMILES string of the molecule is COCCN(C)[C@H]1CC[C@H](Nc2ncc3cc(-c4cc(F)c(N)c(F)c4)c(=O)n(C(C)C)c3n2)CC1. The molecule has 1 aromatic carbocycles. The fourth-order valence-corrected chi connectivity index (χ4v) is 4.88. The molecule has 3 N–H and O–H groups in total. The number of hydrogen-bond acceptors (Lipinski definition) is 7. The summed E-state index contributed by atoms with van der Waals surface area (Å²) in [6.07, 6.45) is 5.77. The van der Waals surface area contributed by atoms with Crippen LogP contribution in [0, 0.1) is 11.6 Å². The number of anilines is 2. The van der Waals surface area contributed by atoms with E-state index in [0.717, 1.165) is 51.0 Å². The Morgan fingerprint density at radius 1 is 1.19 bits per heavy atom. The molecule has 1 saturated carbocycles. The van der Waals surface area contributed by atoms with Gasteiger partial charge in [-0.1, -0.05) is 0 Å². The Bertz CT molecular complexity index is 1260. The third-order valence-corrected chi connectivity index (χ3v) is 6.98. The van der Waals surface area contributed by atoms with Gasteiger partial charge in [0.1, 0.15) is 23.0 Å². The number of nitrogens with one attached hydrogen (secondary N) is 1. The summed E-state index contributed by atoms with van der Waals surface area (Å²) in [5, 5.41) is 4.04. The minimum atomic E-state index is -0.906. The number of nitrogens with two attached hydrogens (primary N) is 1. The van der Waals surface area contributed by atoms with Crippen molar-refractivity contribution < 1.29 is 13.5 Å². The van der Waals surface area contributed by atoms with Crippen LogP contribution >= 0.6 is 0 Å². The molecular weight excluding hydrogens is 466 g/mol. The van der Waals surface area contributed by atoms with Gasteiger partial charge in [0.05, 0.1) is 6.61 Å². The molecule has 2 aromatic heterocycles. The number of halogens is 2. The van der Waals surface area contributed by atoms with Crippen molar-refractivity contribution in [1.29, 1.82) is 0 Å². The van der Waals surface area contributed by atoms with Gasteiger partial charge < -0.3 is 20.7 Å². The number of methoxy groups -OCH3 is 1. The molecule has 1 fully saturated rings. The van der Waals surface area contributed by atoms with E-state index in [9.17, 15) is 13.6 Å². The van der Waals surface area contributed by atoms with Crippen LogP contribution in [0.1, 0.15) is 45.6 Å². The largest absolute Gasteiger partial charge is 0.394 e. The number of pyridine rings is 1. The maximum absolute atomic E-state index is 14.1. The van der Waals surface area contributed by atoms with Gasteiger partial charge >= 0.3 is 0 Å². The standard InChI is InChI=1S/C26H34F2N6O2/c1-15(2)34-24-17(11-20(25(34)35)16-12-21(27)23(29)22(28)13-16)14-30-26(32-24)31-18-5-7-19(8-6-18)33(3)9-10-36-4/h11-15,18-19H,5-10,29H2,1-4H3,(H,30,31,32)/t18-,19-. The molecule has 3 aromatic rings. The second-order valence-corrected chi connectivity index (χ2v) is 9.78. The van der Waals surface area contributed by atoms with Gasteiger partial charge in [-0.15, -0.1) is 0 Å². The van der Waals surface area contributed by atoms with Gasteiger partial charge in [0.15, 0.2) is 0 Å². The molecule has 194 valence electrons. The molecule has 10 heteroatoms. The number of benzene rings is 1. The molecular formula is C26H34F2N6O2. The first-order valence-electron chi connectivity index (χ1n) is 12.3. The van der Waals surface area contributed by atoms with Crippen LogP contribution in [0.2, 0.25) is 0 Å². The molecule has 36 heavy (non-hydrogen) atoms. The highest BCUT2D eigenvalue weighted by Gasteiger charge is 2.25. The number of aromatic nitrogens is 3. The van der Waals surface area contributed by atoms with Crippen LogP contribution in [0.25, 0.3) is 22.2 Å². The first-order valence-corrected chi connectivity index (χ1v) is 12.3. The van der Waals surface area contributed by atoms with E-state index in [0.29, 0.717) is 23.0 Å². The second kappa shape index (κ2) is 10.9.